The molecular formula is C26H30N4O3S2. The summed E-state index contributed by atoms with van der Waals surface area (Å²) in [4.78, 5) is 5.16. The molecule has 2 aromatic carbocycles. The van der Waals surface area contributed by atoms with Crippen molar-refractivity contribution in [3.63, 3.8) is 0 Å². The average molecular weight is 511 g/mol. The third-order valence-electron chi connectivity index (χ3n) is 6.85. The smallest absolute Gasteiger partial charge is 0.243 e. The molecule has 0 N–H and O–H groups in total. The Morgan fingerprint density at radius 2 is 2.06 bits per heavy atom. The molecule has 2 unspecified atom stereocenters. The highest BCUT2D eigenvalue weighted by molar-refractivity contribution is 7.98. The summed E-state index contributed by atoms with van der Waals surface area (Å²) >= 11 is 1.57. The van der Waals surface area contributed by atoms with E-state index in [0.29, 0.717) is 47.3 Å². The Hall–Kier alpha value is -2.38. The molecule has 0 bridgehead atoms. The molecule has 2 aliphatic heterocycles. The van der Waals surface area contributed by atoms with Crippen LogP contribution in [-0.4, -0.2) is 48.1 Å². The van der Waals surface area contributed by atoms with Gasteiger partial charge in [-0.2, -0.15) is 9.57 Å². The van der Waals surface area contributed by atoms with Crippen molar-refractivity contribution in [2.75, 3.05) is 19.7 Å². The molecule has 5 rings (SSSR count). The number of ether oxygens (including phenoxy) is 1. The lowest BCUT2D eigenvalue weighted by Crippen LogP contribution is -2.39. The SMILES string of the molecule is CC1CCCN(S(=O)(=O)c2ccc3c(c2)nc(SCc2ccccc2C#N)n3CC2CCCO2)C1. The van der Waals surface area contributed by atoms with Gasteiger partial charge in [0.2, 0.25) is 10.0 Å². The van der Waals surface area contributed by atoms with E-state index in [-0.39, 0.29) is 6.10 Å². The molecule has 0 saturated carbocycles. The lowest BCUT2D eigenvalue weighted by Gasteiger charge is -2.30. The first-order valence-corrected chi connectivity index (χ1v) is 14.6. The molecule has 2 fully saturated rings. The predicted octanol–water partition coefficient (Wildman–Crippen LogP) is 4.80. The van der Waals surface area contributed by atoms with Gasteiger partial charge in [-0.15, -0.1) is 0 Å². The molecule has 2 atom stereocenters. The lowest BCUT2D eigenvalue weighted by molar-refractivity contribution is 0.0960. The second kappa shape index (κ2) is 10.3. The minimum absolute atomic E-state index is 0.122. The van der Waals surface area contributed by atoms with Crippen molar-refractivity contribution in [2.45, 2.75) is 61.1 Å². The number of fused-ring (bicyclic) bond motifs is 1. The van der Waals surface area contributed by atoms with Gasteiger partial charge in [0.1, 0.15) is 0 Å². The van der Waals surface area contributed by atoms with Crippen LogP contribution in [0, 0.1) is 17.2 Å². The predicted molar refractivity (Wildman–Crippen MR) is 137 cm³/mol. The van der Waals surface area contributed by atoms with Crippen LogP contribution in [0.3, 0.4) is 0 Å². The number of hydrogen-bond donors (Lipinski definition) is 0. The van der Waals surface area contributed by atoms with Gasteiger partial charge in [-0.05, 0) is 61.4 Å². The monoisotopic (exact) mass is 510 g/mol. The van der Waals surface area contributed by atoms with Crippen LogP contribution in [0.1, 0.15) is 43.7 Å². The molecule has 7 nitrogen and oxygen atoms in total. The zero-order valence-corrected chi connectivity index (χ0v) is 21.5. The van der Waals surface area contributed by atoms with Gasteiger partial charge in [0.25, 0.3) is 0 Å². The largest absolute Gasteiger partial charge is 0.376 e. The van der Waals surface area contributed by atoms with Crippen LogP contribution in [0.25, 0.3) is 11.0 Å². The number of piperidine rings is 1. The molecule has 0 radical (unpaired) electrons. The van der Waals surface area contributed by atoms with Crippen LogP contribution in [0.15, 0.2) is 52.5 Å². The highest BCUT2D eigenvalue weighted by atomic mass is 32.2. The number of nitrogens with zero attached hydrogens (tertiary/aromatic N) is 4. The fraction of sp³-hybridized carbons (Fsp3) is 0.462. The van der Waals surface area contributed by atoms with Gasteiger partial charge in [0.05, 0.1) is 40.2 Å². The Labute approximate surface area is 211 Å². The van der Waals surface area contributed by atoms with Crippen molar-refractivity contribution in [1.29, 1.82) is 5.26 Å². The van der Waals surface area contributed by atoms with Gasteiger partial charge in [0.15, 0.2) is 5.16 Å². The van der Waals surface area contributed by atoms with Gasteiger partial charge in [0, 0.05) is 25.4 Å². The number of aromatic nitrogens is 2. The van der Waals surface area contributed by atoms with E-state index < -0.39 is 10.0 Å². The first-order chi connectivity index (χ1) is 17.0. The zero-order chi connectivity index (χ0) is 24.4. The number of benzene rings is 2. The topological polar surface area (TPSA) is 88.2 Å². The summed E-state index contributed by atoms with van der Waals surface area (Å²) in [6.07, 6.45) is 4.13. The highest BCUT2D eigenvalue weighted by Gasteiger charge is 2.29. The molecule has 35 heavy (non-hydrogen) atoms. The maximum atomic E-state index is 13.4. The third-order valence-corrected chi connectivity index (χ3v) is 9.73. The van der Waals surface area contributed by atoms with Gasteiger partial charge in [-0.25, -0.2) is 13.4 Å². The van der Waals surface area contributed by atoms with E-state index >= 15 is 0 Å². The molecule has 3 aromatic rings. The summed E-state index contributed by atoms with van der Waals surface area (Å²) in [6, 6.07) is 15.1. The third kappa shape index (κ3) is 5.12. The number of hydrogen-bond acceptors (Lipinski definition) is 6. The summed E-state index contributed by atoms with van der Waals surface area (Å²) in [5, 5.41) is 10.3. The fourth-order valence-corrected chi connectivity index (χ4v) is 7.58. The average Bonchev–Trinajstić information content (AvgIpc) is 3.51. The van der Waals surface area contributed by atoms with Crippen molar-refractivity contribution < 1.29 is 13.2 Å². The maximum absolute atomic E-state index is 13.4. The number of rotatable bonds is 7. The molecule has 2 aliphatic rings. The summed E-state index contributed by atoms with van der Waals surface area (Å²) in [6.45, 7) is 4.68. The highest BCUT2D eigenvalue weighted by Crippen LogP contribution is 2.32. The van der Waals surface area contributed by atoms with E-state index in [1.807, 2.05) is 30.3 Å². The first kappa shape index (κ1) is 24.3. The van der Waals surface area contributed by atoms with E-state index in [1.165, 1.54) is 0 Å². The van der Waals surface area contributed by atoms with E-state index in [1.54, 1.807) is 28.2 Å². The van der Waals surface area contributed by atoms with E-state index in [9.17, 15) is 13.7 Å². The van der Waals surface area contributed by atoms with Gasteiger partial charge >= 0.3 is 0 Å². The van der Waals surface area contributed by atoms with Crippen LogP contribution in [0.2, 0.25) is 0 Å². The molecule has 0 spiro atoms. The van der Waals surface area contributed by atoms with Crippen LogP contribution in [-0.2, 0) is 27.1 Å². The molecule has 0 aliphatic carbocycles. The molecular weight excluding hydrogens is 480 g/mol. The Morgan fingerprint density at radius 1 is 1.20 bits per heavy atom. The van der Waals surface area contributed by atoms with E-state index in [4.69, 9.17) is 9.72 Å². The second-order valence-corrected chi connectivity index (χ2v) is 12.3. The summed E-state index contributed by atoms with van der Waals surface area (Å²) in [5.41, 5.74) is 3.19. The van der Waals surface area contributed by atoms with Gasteiger partial charge < -0.3 is 9.30 Å². The Morgan fingerprint density at radius 3 is 2.83 bits per heavy atom. The number of thioether (sulfide) groups is 1. The van der Waals surface area contributed by atoms with Crippen LogP contribution in [0.4, 0.5) is 0 Å². The van der Waals surface area contributed by atoms with Gasteiger partial charge in [-0.3, -0.25) is 0 Å². The first-order valence-electron chi connectivity index (χ1n) is 12.2. The van der Waals surface area contributed by atoms with Crippen molar-refractivity contribution in [3.8, 4) is 6.07 Å². The zero-order valence-electron chi connectivity index (χ0n) is 19.9. The number of nitriles is 1. The lowest BCUT2D eigenvalue weighted by atomic mass is 10.0. The summed E-state index contributed by atoms with van der Waals surface area (Å²) in [7, 11) is -3.56. The molecule has 0 amide bonds. The van der Waals surface area contributed by atoms with Crippen molar-refractivity contribution in [2.24, 2.45) is 5.92 Å². The summed E-state index contributed by atoms with van der Waals surface area (Å²) in [5.74, 6) is 0.974. The second-order valence-electron chi connectivity index (χ2n) is 9.46. The molecule has 1 aromatic heterocycles. The molecule has 184 valence electrons. The van der Waals surface area contributed by atoms with Crippen molar-refractivity contribution >= 4 is 32.8 Å². The number of imidazole rings is 1. The van der Waals surface area contributed by atoms with Crippen molar-refractivity contribution in [1.82, 2.24) is 13.9 Å². The van der Waals surface area contributed by atoms with Gasteiger partial charge in [-0.1, -0.05) is 36.9 Å². The Bertz CT molecular complexity index is 1360. The van der Waals surface area contributed by atoms with Crippen LogP contribution >= 0.6 is 11.8 Å². The van der Waals surface area contributed by atoms with Crippen LogP contribution < -0.4 is 0 Å². The number of sulfonamides is 1. The summed E-state index contributed by atoms with van der Waals surface area (Å²) < 4.78 is 36.4. The minimum Gasteiger partial charge on any atom is -0.376 e. The van der Waals surface area contributed by atoms with E-state index in [0.717, 1.165) is 48.5 Å². The standard InChI is InChI=1S/C26H30N4O3S2/c1-19-6-4-12-29(16-19)35(31,32)23-10-11-25-24(14-23)28-26(30(25)17-22-9-5-13-33-22)34-18-21-8-3-2-7-20(21)15-27/h2-3,7-8,10-11,14,19,22H,4-6,9,12-13,16-18H2,1H3. The maximum Gasteiger partial charge on any atom is 0.243 e. The molecule has 2 saturated heterocycles. The Kier molecular flexibility index (Phi) is 7.17. The van der Waals surface area contributed by atoms with E-state index in [2.05, 4.69) is 17.6 Å². The normalized spacial score (nSPS) is 21.4. The van der Waals surface area contributed by atoms with Crippen molar-refractivity contribution in [3.05, 3.63) is 53.6 Å². The fourth-order valence-electron chi connectivity index (χ4n) is 4.94. The van der Waals surface area contributed by atoms with Crippen LogP contribution in [0.5, 0.6) is 0 Å². The molecule has 9 heteroatoms. The Balaban J connectivity index is 1.48. The quantitative estimate of drug-likeness (QED) is 0.424. The minimum atomic E-state index is -3.56. The molecule has 3 heterocycles.